The van der Waals surface area contributed by atoms with Crippen molar-refractivity contribution in [3.63, 3.8) is 0 Å². The van der Waals surface area contributed by atoms with Gasteiger partial charge in [-0.1, -0.05) is 18.2 Å². The van der Waals surface area contributed by atoms with Gasteiger partial charge in [0.15, 0.2) is 0 Å². The summed E-state index contributed by atoms with van der Waals surface area (Å²) in [5.74, 6) is -0.403. The summed E-state index contributed by atoms with van der Waals surface area (Å²) < 4.78 is 4.66. The van der Waals surface area contributed by atoms with E-state index in [1.165, 1.54) is 7.11 Å². The van der Waals surface area contributed by atoms with Gasteiger partial charge in [0.2, 0.25) is 0 Å². The van der Waals surface area contributed by atoms with Crippen molar-refractivity contribution in [2.45, 2.75) is 18.5 Å². The zero-order valence-electron chi connectivity index (χ0n) is 10.6. The van der Waals surface area contributed by atoms with Crippen molar-refractivity contribution in [2.75, 3.05) is 13.7 Å². The summed E-state index contributed by atoms with van der Waals surface area (Å²) in [5, 5.41) is 5.92. The second kappa shape index (κ2) is 7.11. The Labute approximate surface area is 118 Å². The summed E-state index contributed by atoms with van der Waals surface area (Å²) in [7, 11) is 1.36. The number of halogens is 1. The van der Waals surface area contributed by atoms with Crippen LogP contribution in [0.15, 0.2) is 30.3 Å². The highest BCUT2D eigenvalue weighted by atomic mass is 35.5. The molecule has 6 heteroatoms. The van der Waals surface area contributed by atoms with Gasteiger partial charge in [0, 0.05) is 18.2 Å². The monoisotopic (exact) mass is 284 g/mol. The summed E-state index contributed by atoms with van der Waals surface area (Å²) >= 11 is 0. The number of carbonyl (C=O) groups is 2. The highest BCUT2D eigenvalue weighted by Gasteiger charge is 2.30. The maximum Gasteiger partial charge on any atom is 0.322 e. The van der Waals surface area contributed by atoms with E-state index in [1.54, 1.807) is 12.1 Å². The fourth-order valence-electron chi connectivity index (χ4n) is 2.03. The van der Waals surface area contributed by atoms with E-state index < -0.39 is 0 Å². The lowest BCUT2D eigenvalue weighted by atomic mass is 10.1. The van der Waals surface area contributed by atoms with Gasteiger partial charge in [-0.25, -0.2) is 0 Å². The largest absolute Gasteiger partial charge is 0.468 e. The number of methoxy groups -OCH3 is 1. The van der Waals surface area contributed by atoms with Crippen LogP contribution in [0.3, 0.4) is 0 Å². The smallest absolute Gasteiger partial charge is 0.322 e. The molecule has 0 bridgehead atoms. The Hall–Kier alpha value is -1.59. The van der Waals surface area contributed by atoms with E-state index in [-0.39, 0.29) is 36.4 Å². The molecule has 0 saturated carbocycles. The second-order valence-electron chi connectivity index (χ2n) is 4.26. The third kappa shape index (κ3) is 3.94. The van der Waals surface area contributed by atoms with Crippen LogP contribution in [0.4, 0.5) is 0 Å². The molecule has 19 heavy (non-hydrogen) atoms. The molecule has 2 N–H and O–H groups in total. The Kier molecular flexibility index (Phi) is 5.79. The maximum absolute atomic E-state index is 11.9. The number of hydrogen-bond acceptors (Lipinski definition) is 4. The molecule has 1 amide bonds. The van der Waals surface area contributed by atoms with Gasteiger partial charge >= 0.3 is 5.97 Å². The first-order valence-corrected chi connectivity index (χ1v) is 5.88. The number of carbonyl (C=O) groups excluding carboxylic acids is 2. The van der Waals surface area contributed by atoms with Crippen molar-refractivity contribution >= 4 is 24.3 Å². The minimum atomic E-state index is -0.323. The molecule has 0 unspecified atom stereocenters. The SMILES string of the molecule is COC(=O)[C@H]1C[C@@H](NC(=O)c2ccccc2)CN1.Cl. The molecule has 1 heterocycles. The van der Waals surface area contributed by atoms with E-state index in [0.29, 0.717) is 18.5 Å². The topological polar surface area (TPSA) is 67.4 Å². The summed E-state index contributed by atoms with van der Waals surface area (Å²) in [6.07, 6.45) is 0.561. The fraction of sp³-hybridized carbons (Fsp3) is 0.385. The minimum Gasteiger partial charge on any atom is -0.468 e. The van der Waals surface area contributed by atoms with E-state index >= 15 is 0 Å². The van der Waals surface area contributed by atoms with Crippen molar-refractivity contribution in [3.8, 4) is 0 Å². The van der Waals surface area contributed by atoms with Crippen molar-refractivity contribution in [2.24, 2.45) is 0 Å². The van der Waals surface area contributed by atoms with E-state index in [4.69, 9.17) is 0 Å². The quantitative estimate of drug-likeness (QED) is 0.804. The lowest BCUT2D eigenvalue weighted by molar-refractivity contribution is -0.142. The molecule has 1 aliphatic rings. The number of esters is 1. The Balaban J connectivity index is 0.00000180. The third-order valence-electron chi connectivity index (χ3n) is 2.99. The Bertz CT molecular complexity index is 439. The molecule has 0 spiro atoms. The predicted octanol–water partition coefficient (Wildman–Crippen LogP) is 0.742. The molecule has 1 aliphatic heterocycles. The van der Waals surface area contributed by atoms with Gasteiger partial charge in [-0.2, -0.15) is 0 Å². The fourth-order valence-corrected chi connectivity index (χ4v) is 2.03. The third-order valence-corrected chi connectivity index (χ3v) is 2.99. The van der Waals surface area contributed by atoms with E-state index in [1.807, 2.05) is 18.2 Å². The molecule has 2 rings (SSSR count). The molecule has 5 nitrogen and oxygen atoms in total. The number of hydrogen-bond donors (Lipinski definition) is 2. The van der Waals surface area contributed by atoms with Crippen LogP contribution in [0.1, 0.15) is 16.8 Å². The van der Waals surface area contributed by atoms with Crippen LogP contribution in [0.5, 0.6) is 0 Å². The van der Waals surface area contributed by atoms with E-state index in [2.05, 4.69) is 15.4 Å². The van der Waals surface area contributed by atoms with Crippen LogP contribution in [0.2, 0.25) is 0 Å². The van der Waals surface area contributed by atoms with Crippen LogP contribution in [0.25, 0.3) is 0 Å². The molecule has 0 aliphatic carbocycles. The zero-order valence-corrected chi connectivity index (χ0v) is 11.4. The number of benzene rings is 1. The van der Waals surface area contributed by atoms with Crippen molar-refractivity contribution < 1.29 is 14.3 Å². The number of amides is 1. The van der Waals surface area contributed by atoms with Gasteiger partial charge in [-0.05, 0) is 18.6 Å². The van der Waals surface area contributed by atoms with Crippen LogP contribution in [-0.4, -0.2) is 37.6 Å². The summed E-state index contributed by atoms with van der Waals surface area (Å²) in [4.78, 5) is 23.2. The molecule has 2 atom stereocenters. The van der Waals surface area contributed by atoms with Crippen LogP contribution in [-0.2, 0) is 9.53 Å². The standard InChI is InChI=1S/C13H16N2O3.ClH/c1-18-13(17)11-7-10(8-14-11)15-12(16)9-5-3-2-4-6-9;/h2-6,10-11,14H,7-8H2,1H3,(H,15,16);1H/t10-,11-;/m1./s1. The molecule has 1 aromatic rings. The predicted molar refractivity (Wildman–Crippen MR) is 73.4 cm³/mol. The van der Waals surface area contributed by atoms with Gasteiger partial charge < -0.3 is 15.4 Å². The normalized spacial score (nSPS) is 21.3. The average Bonchev–Trinajstić information content (AvgIpc) is 2.87. The van der Waals surface area contributed by atoms with Gasteiger partial charge in [0.1, 0.15) is 6.04 Å². The first-order valence-electron chi connectivity index (χ1n) is 5.88. The summed E-state index contributed by atoms with van der Waals surface area (Å²) in [6, 6.07) is 8.66. The summed E-state index contributed by atoms with van der Waals surface area (Å²) in [5.41, 5.74) is 0.624. The number of nitrogens with one attached hydrogen (secondary N) is 2. The Morgan fingerprint density at radius 1 is 1.32 bits per heavy atom. The van der Waals surface area contributed by atoms with Crippen LogP contribution in [0, 0.1) is 0 Å². The second-order valence-corrected chi connectivity index (χ2v) is 4.26. The van der Waals surface area contributed by atoms with E-state index in [9.17, 15) is 9.59 Å². The van der Waals surface area contributed by atoms with Crippen molar-refractivity contribution in [3.05, 3.63) is 35.9 Å². The number of rotatable bonds is 3. The van der Waals surface area contributed by atoms with Crippen LogP contribution >= 0.6 is 12.4 Å². The zero-order chi connectivity index (χ0) is 13.0. The maximum atomic E-state index is 11.9. The Morgan fingerprint density at radius 2 is 2.00 bits per heavy atom. The minimum absolute atomic E-state index is 0. The van der Waals surface area contributed by atoms with E-state index in [0.717, 1.165) is 0 Å². The molecule has 1 saturated heterocycles. The molecule has 1 fully saturated rings. The highest BCUT2D eigenvalue weighted by Crippen LogP contribution is 2.09. The molecule has 0 radical (unpaired) electrons. The molecular formula is C13H17ClN2O3. The molecule has 104 valence electrons. The molecule has 1 aromatic carbocycles. The molecule has 0 aromatic heterocycles. The highest BCUT2D eigenvalue weighted by molar-refractivity contribution is 5.94. The number of ether oxygens (including phenoxy) is 1. The van der Waals surface area contributed by atoms with Crippen molar-refractivity contribution in [1.29, 1.82) is 0 Å². The van der Waals surface area contributed by atoms with Gasteiger partial charge in [-0.15, -0.1) is 12.4 Å². The van der Waals surface area contributed by atoms with Gasteiger partial charge in [0.25, 0.3) is 5.91 Å². The average molecular weight is 285 g/mol. The first kappa shape index (κ1) is 15.5. The first-order chi connectivity index (χ1) is 8.70. The van der Waals surface area contributed by atoms with Crippen LogP contribution < -0.4 is 10.6 Å². The lowest BCUT2D eigenvalue weighted by Crippen LogP contribution is -2.36. The van der Waals surface area contributed by atoms with Crippen molar-refractivity contribution in [1.82, 2.24) is 10.6 Å². The van der Waals surface area contributed by atoms with Gasteiger partial charge in [-0.3, -0.25) is 9.59 Å². The lowest BCUT2D eigenvalue weighted by Gasteiger charge is -2.11. The summed E-state index contributed by atoms with van der Waals surface area (Å²) in [6.45, 7) is 0.582. The van der Waals surface area contributed by atoms with Gasteiger partial charge in [0.05, 0.1) is 7.11 Å². The molecular weight excluding hydrogens is 268 g/mol. The Morgan fingerprint density at radius 3 is 2.63 bits per heavy atom.